The number of nitrogens with zero attached hydrogens (tertiary/aromatic N) is 1. The molecule has 0 amide bonds. The summed E-state index contributed by atoms with van der Waals surface area (Å²) in [5, 5.41) is 0. The van der Waals surface area contributed by atoms with E-state index in [9.17, 15) is 4.79 Å². The van der Waals surface area contributed by atoms with E-state index in [4.69, 9.17) is 6.57 Å². The Kier molecular flexibility index (Phi) is 4.05. The first kappa shape index (κ1) is 11.5. The van der Waals surface area contributed by atoms with Gasteiger partial charge in [0.05, 0.1) is 6.57 Å². The van der Waals surface area contributed by atoms with Crippen molar-refractivity contribution in [2.45, 2.75) is 33.1 Å². The van der Waals surface area contributed by atoms with Gasteiger partial charge in [0.25, 0.3) is 0 Å². The number of Topliss-reactive ketones (excluding diaryl/α,β-unsaturated/α-hetero) is 1. The van der Waals surface area contributed by atoms with Crippen LogP contribution < -0.4 is 0 Å². The molecule has 0 aliphatic carbocycles. The van der Waals surface area contributed by atoms with E-state index in [1.165, 1.54) is 0 Å². The number of rotatable bonds is 4. The molecule has 1 aromatic carbocycles. The summed E-state index contributed by atoms with van der Waals surface area (Å²) in [6.07, 6.45) is 1.87. The zero-order valence-electron chi connectivity index (χ0n) is 9.21. The zero-order chi connectivity index (χ0) is 11.3. The molecule has 15 heavy (non-hydrogen) atoms. The number of ketones is 1. The summed E-state index contributed by atoms with van der Waals surface area (Å²) >= 11 is 0. The number of hydrogen-bond acceptors (Lipinski definition) is 1. The fourth-order valence-corrected chi connectivity index (χ4v) is 1.54. The molecule has 0 bridgehead atoms. The lowest BCUT2D eigenvalue weighted by molar-refractivity contribution is -0.118. The van der Waals surface area contributed by atoms with Gasteiger partial charge in [-0.25, -0.2) is 4.85 Å². The molecule has 1 aromatic rings. The number of carbonyl (C=O) groups is 1. The van der Waals surface area contributed by atoms with E-state index in [0.29, 0.717) is 18.5 Å². The van der Waals surface area contributed by atoms with Crippen LogP contribution in [0.2, 0.25) is 0 Å². The van der Waals surface area contributed by atoms with E-state index in [1.54, 1.807) is 6.07 Å². The van der Waals surface area contributed by atoms with Crippen molar-refractivity contribution in [3.8, 4) is 0 Å². The average Bonchev–Trinajstić information content (AvgIpc) is 2.18. The van der Waals surface area contributed by atoms with E-state index in [-0.39, 0.29) is 5.78 Å². The average molecular weight is 201 g/mol. The van der Waals surface area contributed by atoms with Crippen LogP contribution in [0.5, 0.6) is 0 Å². The Morgan fingerprint density at radius 1 is 1.47 bits per heavy atom. The third kappa shape index (κ3) is 3.21. The van der Waals surface area contributed by atoms with Crippen molar-refractivity contribution in [3.63, 3.8) is 0 Å². The number of carbonyl (C=O) groups excluding carboxylic acids is 1. The SMILES string of the molecule is [C-]#[N+]c1ccc(C)cc1CC(=O)CCC. The van der Waals surface area contributed by atoms with Gasteiger partial charge < -0.3 is 0 Å². The molecule has 0 saturated carbocycles. The minimum absolute atomic E-state index is 0.216. The second-order valence-electron chi connectivity index (χ2n) is 3.71. The summed E-state index contributed by atoms with van der Waals surface area (Å²) in [6, 6.07) is 5.62. The van der Waals surface area contributed by atoms with Gasteiger partial charge in [0.1, 0.15) is 5.78 Å². The molecule has 0 spiro atoms. The summed E-state index contributed by atoms with van der Waals surface area (Å²) in [7, 11) is 0. The standard InChI is InChI=1S/C13H15NO/c1-4-5-12(15)9-11-8-10(2)6-7-13(11)14-3/h6-8H,4-5,9H2,1-2H3. The van der Waals surface area contributed by atoms with Gasteiger partial charge in [-0.15, -0.1) is 0 Å². The fourth-order valence-electron chi connectivity index (χ4n) is 1.54. The van der Waals surface area contributed by atoms with Gasteiger partial charge in [0.2, 0.25) is 0 Å². The minimum atomic E-state index is 0.216. The second-order valence-corrected chi connectivity index (χ2v) is 3.71. The molecule has 2 heteroatoms. The van der Waals surface area contributed by atoms with Crippen LogP contribution in [0.1, 0.15) is 30.9 Å². The highest BCUT2D eigenvalue weighted by molar-refractivity contribution is 5.82. The molecule has 0 heterocycles. The highest BCUT2D eigenvalue weighted by Crippen LogP contribution is 2.21. The molecule has 78 valence electrons. The summed E-state index contributed by atoms with van der Waals surface area (Å²) in [4.78, 5) is 14.9. The van der Waals surface area contributed by atoms with Crippen molar-refractivity contribution in [3.05, 3.63) is 40.7 Å². The van der Waals surface area contributed by atoms with E-state index < -0.39 is 0 Å². The molecular weight excluding hydrogens is 186 g/mol. The lowest BCUT2D eigenvalue weighted by atomic mass is 10.0. The molecule has 0 saturated heterocycles. The Hall–Kier alpha value is -1.62. The van der Waals surface area contributed by atoms with E-state index >= 15 is 0 Å². The van der Waals surface area contributed by atoms with Crippen LogP contribution in [0.3, 0.4) is 0 Å². The maximum atomic E-state index is 11.5. The normalized spacial score (nSPS) is 9.67. The maximum Gasteiger partial charge on any atom is 0.190 e. The molecule has 0 fully saturated rings. The second kappa shape index (κ2) is 5.31. The molecule has 0 N–H and O–H groups in total. The lowest BCUT2D eigenvalue weighted by Crippen LogP contribution is -2.02. The monoisotopic (exact) mass is 201 g/mol. The summed E-state index contributed by atoms with van der Waals surface area (Å²) in [5.41, 5.74) is 2.57. The maximum absolute atomic E-state index is 11.5. The van der Waals surface area contributed by atoms with E-state index in [0.717, 1.165) is 17.5 Å². The van der Waals surface area contributed by atoms with Gasteiger partial charge in [-0.1, -0.05) is 30.7 Å². The van der Waals surface area contributed by atoms with Crippen molar-refractivity contribution in [1.29, 1.82) is 0 Å². The Labute approximate surface area is 90.8 Å². The zero-order valence-corrected chi connectivity index (χ0v) is 9.21. The Morgan fingerprint density at radius 2 is 2.20 bits per heavy atom. The van der Waals surface area contributed by atoms with Crippen molar-refractivity contribution in [1.82, 2.24) is 0 Å². The highest BCUT2D eigenvalue weighted by Gasteiger charge is 2.07. The summed E-state index contributed by atoms with van der Waals surface area (Å²) in [5.74, 6) is 0.216. The predicted molar refractivity (Wildman–Crippen MR) is 61.1 cm³/mol. The van der Waals surface area contributed by atoms with Crippen molar-refractivity contribution in [2.24, 2.45) is 0 Å². The van der Waals surface area contributed by atoms with Crippen molar-refractivity contribution < 1.29 is 4.79 Å². The third-order valence-corrected chi connectivity index (χ3v) is 2.27. The minimum Gasteiger partial charge on any atom is -0.299 e. The first-order valence-electron chi connectivity index (χ1n) is 5.16. The quantitative estimate of drug-likeness (QED) is 0.683. The van der Waals surface area contributed by atoms with Crippen LogP contribution in [-0.4, -0.2) is 5.78 Å². The molecule has 0 radical (unpaired) electrons. The van der Waals surface area contributed by atoms with Crippen LogP contribution in [0.25, 0.3) is 4.85 Å². The summed E-state index contributed by atoms with van der Waals surface area (Å²) < 4.78 is 0. The molecule has 0 aliphatic heterocycles. The Balaban J connectivity index is 2.88. The Bertz CT molecular complexity index is 401. The highest BCUT2D eigenvalue weighted by atomic mass is 16.1. The van der Waals surface area contributed by atoms with Gasteiger partial charge in [-0.2, -0.15) is 0 Å². The molecule has 1 rings (SSSR count). The van der Waals surface area contributed by atoms with Crippen LogP contribution in [-0.2, 0) is 11.2 Å². The first-order chi connectivity index (χ1) is 7.17. The largest absolute Gasteiger partial charge is 0.299 e. The van der Waals surface area contributed by atoms with E-state index in [1.807, 2.05) is 26.0 Å². The summed E-state index contributed by atoms with van der Waals surface area (Å²) in [6.45, 7) is 11.0. The topological polar surface area (TPSA) is 21.4 Å². The van der Waals surface area contributed by atoms with Gasteiger partial charge in [-0.05, 0) is 18.9 Å². The number of benzene rings is 1. The van der Waals surface area contributed by atoms with Gasteiger partial charge in [0.15, 0.2) is 5.69 Å². The van der Waals surface area contributed by atoms with Crippen molar-refractivity contribution >= 4 is 11.5 Å². The van der Waals surface area contributed by atoms with Gasteiger partial charge in [0, 0.05) is 12.8 Å². The lowest BCUT2D eigenvalue weighted by Gasteiger charge is -2.04. The Morgan fingerprint density at radius 3 is 2.80 bits per heavy atom. The van der Waals surface area contributed by atoms with Crippen LogP contribution in [0, 0.1) is 13.5 Å². The molecule has 0 aromatic heterocycles. The van der Waals surface area contributed by atoms with Crippen LogP contribution in [0.4, 0.5) is 5.69 Å². The van der Waals surface area contributed by atoms with E-state index in [2.05, 4.69) is 4.85 Å². The molecule has 0 aliphatic rings. The predicted octanol–water partition coefficient (Wildman–Crippen LogP) is 3.46. The fraction of sp³-hybridized carbons (Fsp3) is 0.385. The molecule has 0 unspecified atom stereocenters. The van der Waals surface area contributed by atoms with Crippen LogP contribution >= 0.6 is 0 Å². The third-order valence-electron chi connectivity index (χ3n) is 2.27. The molecule has 2 nitrogen and oxygen atoms in total. The van der Waals surface area contributed by atoms with Crippen molar-refractivity contribution in [2.75, 3.05) is 0 Å². The number of hydrogen-bond donors (Lipinski definition) is 0. The number of aryl methyl sites for hydroxylation is 1. The van der Waals surface area contributed by atoms with Gasteiger partial charge in [-0.3, -0.25) is 4.79 Å². The smallest absolute Gasteiger partial charge is 0.190 e. The van der Waals surface area contributed by atoms with Crippen LogP contribution in [0.15, 0.2) is 18.2 Å². The molecular formula is C13H15NO. The molecule has 0 atom stereocenters. The van der Waals surface area contributed by atoms with Gasteiger partial charge >= 0.3 is 0 Å². The first-order valence-corrected chi connectivity index (χ1v) is 5.16.